The van der Waals surface area contributed by atoms with Gasteiger partial charge < -0.3 is 43.5 Å². The molecular weight excluding hydrogens is 707 g/mol. The standard InChI is InChI=1S/C39H67O13P/c1-7-9-11-12-13-15-35(44)51-37-30(25-36(45)47-6)23-29(24-32(52-53)28(3)49-20-10-8-2)27-39(37,46)38(4,5)18-16-34(43)50-21-14-19-48-22-17-31(40)26-33(41)42/h16,18,25,28-29,31-32,37,40,46H,7-15,17,19-24,26-27,53H2,1-6H3,(H,41,42)/b18-16+,30-25+/t28-,29?,31-,32-,37+,39+/m1/s1. The van der Waals surface area contributed by atoms with Gasteiger partial charge in [0.25, 0.3) is 0 Å². The SMILES string of the molecule is CCCCCCCC(=O)O[C@H]1/C(=C/C(=O)OC)CC(C[C@@H](OP)[C@@H](C)OCCCC)C[C@@]1(O)C(C)(C)/C=C/C(=O)OCCCOCC[C@@H](O)CC(=O)O. The Balaban J connectivity index is 3.24. The van der Waals surface area contributed by atoms with Crippen LogP contribution in [-0.2, 0) is 47.4 Å². The van der Waals surface area contributed by atoms with E-state index in [9.17, 15) is 29.4 Å². The molecule has 1 aliphatic carbocycles. The summed E-state index contributed by atoms with van der Waals surface area (Å²) in [5.74, 6) is -3.09. The third-order valence-corrected chi connectivity index (χ3v) is 10.1. The van der Waals surface area contributed by atoms with E-state index in [2.05, 4.69) is 23.3 Å². The van der Waals surface area contributed by atoms with Gasteiger partial charge in [0.05, 0.1) is 38.4 Å². The molecule has 0 spiro atoms. The number of carboxylic acid groups (broad SMARTS) is 1. The van der Waals surface area contributed by atoms with Gasteiger partial charge in [-0.05, 0) is 56.9 Å². The minimum atomic E-state index is -1.76. The fourth-order valence-corrected chi connectivity index (χ4v) is 6.68. The Hall–Kier alpha value is -2.41. The molecule has 7 atom stereocenters. The fraction of sp³-hybridized carbons (Fsp3) is 0.795. The van der Waals surface area contributed by atoms with Crippen molar-refractivity contribution in [1.82, 2.24) is 0 Å². The summed E-state index contributed by atoms with van der Waals surface area (Å²) in [5.41, 5.74) is -2.52. The van der Waals surface area contributed by atoms with E-state index in [0.717, 1.165) is 38.5 Å². The predicted molar refractivity (Wildman–Crippen MR) is 203 cm³/mol. The van der Waals surface area contributed by atoms with Crippen LogP contribution in [-0.4, -0.2) is 103 Å². The molecule has 14 heteroatoms. The number of carbonyl (C=O) groups excluding carboxylic acids is 3. The minimum absolute atomic E-state index is 0.0487. The average molecular weight is 775 g/mol. The van der Waals surface area contributed by atoms with Gasteiger partial charge in [-0.1, -0.05) is 65.9 Å². The number of esters is 3. The first-order valence-electron chi connectivity index (χ1n) is 19.1. The van der Waals surface area contributed by atoms with Crippen LogP contribution in [0.25, 0.3) is 0 Å². The molecule has 0 saturated heterocycles. The highest BCUT2D eigenvalue weighted by Crippen LogP contribution is 2.50. The molecule has 0 aromatic rings. The maximum absolute atomic E-state index is 13.3. The second-order valence-electron chi connectivity index (χ2n) is 14.5. The van der Waals surface area contributed by atoms with Crippen molar-refractivity contribution >= 4 is 33.3 Å². The number of ether oxygens (including phenoxy) is 5. The lowest BCUT2D eigenvalue weighted by atomic mass is 9.60. The zero-order chi connectivity index (χ0) is 39.9. The molecular formula is C39H67O13P. The van der Waals surface area contributed by atoms with Gasteiger partial charge in [0, 0.05) is 59.7 Å². The Morgan fingerprint density at radius 1 is 0.981 bits per heavy atom. The molecule has 2 unspecified atom stereocenters. The lowest BCUT2D eigenvalue weighted by molar-refractivity contribution is -0.184. The van der Waals surface area contributed by atoms with Gasteiger partial charge in [-0.2, -0.15) is 0 Å². The van der Waals surface area contributed by atoms with Crippen LogP contribution in [0.2, 0.25) is 0 Å². The van der Waals surface area contributed by atoms with Crippen molar-refractivity contribution in [3.05, 3.63) is 23.8 Å². The molecule has 53 heavy (non-hydrogen) atoms. The van der Waals surface area contributed by atoms with Gasteiger partial charge in [0.2, 0.25) is 0 Å². The van der Waals surface area contributed by atoms with Crippen LogP contribution in [0.3, 0.4) is 0 Å². The van der Waals surface area contributed by atoms with E-state index in [-0.39, 0.29) is 63.6 Å². The van der Waals surface area contributed by atoms with Crippen LogP contribution in [0.1, 0.15) is 125 Å². The molecule has 0 bridgehead atoms. The summed E-state index contributed by atoms with van der Waals surface area (Å²) in [6, 6.07) is 0. The second kappa shape index (κ2) is 26.4. The molecule has 306 valence electrons. The average Bonchev–Trinajstić information content (AvgIpc) is 3.10. The molecule has 1 fully saturated rings. The van der Waals surface area contributed by atoms with Gasteiger partial charge in [-0.3, -0.25) is 9.59 Å². The molecule has 3 N–H and O–H groups in total. The highest BCUT2D eigenvalue weighted by Gasteiger charge is 2.55. The van der Waals surface area contributed by atoms with E-state index in [4.69, 9.17) is 33.3 Å². The maximum Gasteiger partial charge on any atom is 0.330 e. The summed E-state index contributed by atoms with van der Waals surface area (Å²) >= 11 is 0. The Labute approximate surface area is 318 Å². The molecule has 13 nitrogen and oxygen atoms in total. The van der Waals surface area contributed by atoms with Crippen LogP contribution in [0.5, 0.6) is 0 Å². The van der Waals surface area contributed by atoms with Crippen molar-refractivity contribution in [2.75, 3.05) is 33.5 Å². The van der Waals surface area contributed by atoms with Crippen LogP contribution in [0.4, 0.5) is 0 Å². The third-order valence-electron chi connectivity index (χ3n) is 9.71. The molecule has 0 aromatic carbocycles. The van der Waals surface area contributed by atoms with Gasteiger partial charge in [-0.25, -0.2) is 9.59 Å². The van der Waals surface area contributed by atoms with Crippen molar-refractivity contribution in [2.24, 2.45) is 11.3 Å². The molecule has 0 radical (unpaired) electrons. The van der Waals surface area contributed by atoms with Gasteiger partial charge in [0.15, 0.2) is 6.10 Å². The highest BCUT2D eigenvalue weighted by molar-refractivity contribution is 7.09. The normalized spacial score (nSPS) is 21.6. The summed E-state index contributed by atoms with van der Waals surface area (Å²) < 4.78 is 33.6. The van der Waals surface area contributed by atoms with Crippen molar-refractivity contribution < 1.29 is 62.7 Å². The first-order valence-corrected chi connectivity index (χ1v) is 19.6. The van der Waals surface area contributed by atoms with Crippen LogP contribution >= 0.6 is 9.47 Å². The quantitative estimate of drug-likeness (QED) is 0.0276. The number of carboxylic acids is 1. The first-order chi connectivity index (χ1) is 25.1. The Morgan fingerprint density at radius 3 is 2.32 bits per heavy atom. The molecule has 1 saturated carbocycles. The smallest absolute Gasteiger partial charge is 0.330 e. The van der Waals surface area contributed by atoms with E-state index in [0.29, 0.717) is 37.9 Å². The molecule has 0 aromatic heterocycles. The van der Waals surface area contributed by atoms with E-state index in [1.54, 1.807) is 19.9 Å². The minimum Gasteiger partial charge on any atom is -0.481 e. The Morgan fingerprint density at radius 2 is 1.68 bits per heavy atom. The highest BCUT2D eigenvalue weighted by atomic mass is 31.0. The Bertz CT molecular complexity index is 1160. The third kappa shape index (κ3) is 18.7. The summed E-state index contributed by atoms with van der Waals surface area (Å²) in [6.45, 7) is 10.7. The molecule has 1 aliphatic rings. The number of aliphatic carboxylic acids is 1. The first kappa shape index (κ1) is 48.6. The molecule has 0 heterocycles. The van der Waals surface area contributed by atoms with E-state index in [1.165, 1.54) is 19.3 Å². The van der Waals surface area contributed by atoms with Crippen LogP contribution < -0.4 is 0 Å². The van der Waals surface area contributed by atoms with Crippen molar-refractivity contribution in [3.63, 3.8) is 0 Å². The van der Waals surface area contributed by atoms with E-state index in [1.807, 2.05) is 6.92 Å². The topological polar surface area (TPSA) is 184 Å². The van der Waals surface area contributed by atoms with Crippen molar-refractivity contribution in [3.8, 4) is 0 Å². The van der Waals surface area contributed by atoms with Gasteiger partial charge in [0.1, 0.15) is 5.60 Å². The predicted octanol–water partition coefficient (Wildman–Crippen LogP) is 6.03. The number of hydrogen-bond acceptors (Lipinski definition) is 12. The number of rotatable bonds is 28. The molecule has 1 rings (SSSR count). The van der Waals surface area contributed by atoms with E-state index >= 15 is 0 Å². The number of methoxy groups -OCH3 is 1. The van der Waals surface area contributed by atoms with Crippen molar-refractivity contribution in [1.29, 1.82) is 0 Å². The number of aliphatic hydroxyl groups is 2. The number of hydrogen-bond donors (Lipinski definition) is 3. The fourth-order valence-electron chi connectivity index (χ4n) is 6.35. The summed E-state index contributed by atoms with van der Waals surface area (Å²) in [4.78, 5) is 49.4. The second-order valence-corrected chi connectivity index (χ2v) is 14.8. The van der Waals surface area contributed by atoms with E-state index < -0.39 is 47.1 Å². The zero-order valence-corrected chi connectivity index (χ0v) is 34.0. The van der Waals surface area contributed by atoms with Gasteiger partial charge >= 0.3 is 23.9 Å². The number of carbonyl (C=O) groups is 4. The summed E-state index contributed by atoms with van der Waals surface area (Å²) in [6.07, 6.45) is 9.17. The number of unbranched alkanes of at least 4 members (excludes halogenated alkanes) is 5. The molecule has 0 amide bonds. The van der Waals surface area contributed by atoms with Gasteiger partial charge in [-0.15, -0.1) is 0 Å². The summed E-state index contributed by atoms with van der Waals surface area (Å²) in [5, 5.41) is 31.1. The maximum atomic E-state index is 13.3. The largest absolute Gasteiger partial charge is 0.481 e. The summed E-state index contributed by atoms with van der Waals surface area (Å²) in [7, 11) is 3.56. The number of aliphatic hydroxyl groups excluding tert-OH is 1. The molecule has 0 aliphatic heterocycles. The van der Waals surface area contributed by atoms with Crippen LogP contribution in [0.15, 0.2) is 23.8 Å². The lowest BCUT2D eigenvalue weighted by Crippen LogP contribution is -2.59. The monoisotopic (exact) mass is 774 g/mol. The Kier molecular flexibility index (Phi) is 24.2. The van der Waals surface area contributed by atoms with Crippen molar-refractivity contribution in [2.45, 2.75) is 155 Å². The zero-order valence-electron chi connectivity index (χ0n) is 32.8. The lowest BCUT2D eigenvalue weighted by Gasteiger charge is -2.51. The van der Waals surface area contributed by atoms with Crippen LogP contribution in [0, 0.1) is 11.3 Å².